The van der Waals surface area contributed by atoms with Crippen molar-refractivity contribution in [2.75, 3.05) is 0 Å². The van der Waals surface area contributed by atoms with Gasteiger partial charge in [-0.1, -0.05) is 29.3 Å². The summed E-state index contributed by atoms with van der Waals surface area (Å²) in [6.07, 6.45) is 1.71. The maximum absolute atomic E-state index is 5.80. The molecule has 0 aliphatic heterocycles. The molecule has 1 heterocycles. The lowest BCUT2D eigenvalue weighted by Gasteiger charge is -1.97. The molecule has 0 bridgehead atoms. The van der Waals surface area contributed by atoms with Crippen molar-refractivity contribution in [3.8, 4) is 0 Å². The predicted octanol–water partition coefficient (Wildman–Crippen LogP) is 3.54. The van der Waals surface area contributed by atoms with Gasteiger partial charge in [0, 0.05) is 16.6 Å². The van der Waals surface area contributed by atoms with Gasteiger partial charge in [-0.3, -0.25) is 0 Å². The van der Waals surface area contributed by atoms with Crippen LogP contribution in [0.3, 0.4) is 0 Å². The standard InChI is InChI=1S/C9H5Cl2N/c10-8-2-1-6-4-9(11)12-5-7(6)3-8/h1-5H. The van der Waals surface area contributed by atoms with Gasteiger partial charge >= 0.3 is 0 Å². The van der Waals surface area contributed by atoms with E-state index in [1.807, 2.05) is 24.3 Å². The van der Waals surface area contributed by atoms with E-state index in [0.717, 1.165) is 10.8 Å². The van der Waals surface area contributed by atoms with Gasteiger partial charge in [0.25, 0.3) is 0 Å². The normalized spacial score (nSPS) is 10.5. The highest BCUT2D eigenvalue weighted by Crippen LogP contribution is 2.20. The highest BCUT2D eigenvalue weighted by molar-refractivity contribution is 6.31. The van der Waals surface area contributed by atoms with Crippen LogP contribution in [0.15, 0.2) is 30.5 Å². The van der Waals surface area contributed by atoms with Gasteiger partial charge in [-0.05, 0) is 23.6 Å². The smallest absolute Gasteiger partial charge is 0.129 e. The van der Waals surface area contributed by atoms with Crippen LogP contribution in [0.4, 0.5) is 0 Å². The zero-order valence-electron chi connectivity index (χ0n) is 6.09. The van der Waals surface area contributed by atoms with Gasteiger partial charge < -0.3 is 0 Å². The topological polar surface area (TPSA) is 12.9 Å². The molecule has 2 aromatic rings. The third kappa shape index (κ3) is 1.38. The first-order valence-electron chi connectivity index (χ1n) is 3.46. The van der Waals surface area contributed by atoms with E-state index in [9.17, 15) is 0 Å². The predicted molar refractivity (Wildman–Crippen MR) is 51.8 cm³/mol. The minimum absolute atomic E-state index is 0.504. The molecule has 0 N–H and O–H groups in total. The first-order valence-corrected chi connectivity index (χ1v) is 4.22. The van der Waals surface area contributed by atoms with Crippen molar-refractivity contribution < 1.29 is 0 Å². The molecule has 0 fully saturated rings. The summed E-state index contributed by atoms with van der Waals surface area (Å²) in [6.45, 7) is 0. The summed E-state index contributed by atoms with van der Waals surface area (Å²) in [5.74, 6) is 0. The summed E-state index contributed by atoms with van der Waals surface area (Å²) in [5, 5.41) is 3.28. The Bertz CT molecular complexity index is 385. The molecule has 0 saturated carbocycles. The summed E-state index contributed by atoms with van der Waals surface area (Å²) in [5.41, 5.74) is 0. The number of halogens is 2. The lowest BCUT2D eigenvalue weighted by molar-refractivity contribution is 1.36. The zero-order valence-corrected chi connectivity index (χ0v) is 7.60. The number of fused-ring (bicyclic) bond motifs is 1. The second kappa shape index (κ2) is 2.92. The van der Waals surface area contributed by atoms with E-state index in [1.54, 1.807) is 6.20 Å². The molecule has 2 rings (SSSR count). The number of nitrogens with zero attached hydrogens (tertiary/aromatic N) is 1. The van der Waals surface area contributed by atoms with Crippen molar-refractivity contribution >= 4 is 34.0 Å². The molecule has 0 amide bonds. The molecule has 0 radical (unpaired) electrons. The molecular formula is C9H5Cl2N. The van der Waals surface area contributed by atoms with Crippen molar-refractivity contribution in [1.29, 1.82) is 0 Å². The lowest BCUT2D eigenvalue weighted by atomic mass is 10.2. The minimum atomic E-state index is 0.504. The Hall–Kier alpha value is -0.790. The van der Waals surface area contributed by atoms with Crippen LogP contribution >= 0.6 is 23.2 Å². The molecule has 1 nitrogen and oxygen atoms in total. The van der Waals surface area contributed by atoms with E-state index in [1.165, 1.54) is 0 Å². The third-order valence-corrected chi connectivity index (χ3v) is 2.09. The van der Waals surface area contributed by atoms with E-state index < -0.39 is 0 Å². The SMILES string of the molecule is Clc1ccc2cc(Cl)ncc2c1. The quantitative estimate of drug-likeness (QED) is 0.590. The van der Waals surface area contributed by atoms with Gasteiger partial charge in [-0.15, -0.1) is 0 Å². The molecule has 0 saturated heterocycles. The average molecular weight is 198 g/mol. The van der Waals surface area contributed by atoms with Crippen molar-refractivity contribution in [1.82, 2.24) is 4.98 Å². The summed E-state index contributed by atoms with van der Waals surface area (Å²) in [6, 6.07) is 7.43. The molecular weight excluding hydrogens is 193 g/mol. The summed E-state index contributed by atoms with van der Waals surface area (Å²) in [4.78, 5) is 3.96. The molecule has 3 heteroatoms. The van der Waals surface area contributed by atoms with Gasteiger partial charge in [0.15, 0.2) is 0 Å². The van der Waals surface area contributed by atoms with Crippen LogP contribution in [-0.4, -0.2) is 4.98 Å². The maximum Gasteiger partial charge on any atom is 0.129 e. The van der Waals surface area contributed by atoms with Gasteiger partial charge in [0.1, 0.15) is 5.15 Å². The first kappa shape index (κ1) is 7.84. The van der Waals surface area contributed by atoms with Crippen molar-refractivity contribution in [3.05, 3.63) is 40.6 Å². The monoisotopic (exact) mass is 197 g/mol. The Kier molecular flexibility index (Phi) is 1.91. The Morgan fingerprint density at radius 3 is 2.67 bits per heavy atom. The average Bonchev–Trinajstić information content (AvgIpc) is 2.05. The molecule has 0 atom stereocenters. The highest BCUT2D eigenvalue weighted by atomic mass is 35.5. The maximum atomic E-state index is 5.80. The van der Waals surface area contributed by atoms with Crippen LogP contribution in [-0.2, 0) is 0 Å². The number of aromatic nitrogens is 1. The molecule has 0 aliphatic carbocycles. The minimum Gasteiger partial charge on any atom is -0.244 e. The fourth-order valence-electron chi connectivity index (χ4n) is 1.09. The molecule has 1 aromatic carbocycles. The van der Waals surface area contributed by atoms with Crippen LogP contribution in [0.25, 0.3) is 10.8 Å². The Morgan fingerprint density at radius 2 is 1.83 bits per heavy atom. The Labute approximate surface area is 79.9 Å². The largest absolute Gasteiger partial charge is 0.244 e. The van der Waals surface area contributed by atoms with Crippen molar-refractivity contribution in [3.63, 3.8) is 0 Å². The molecule has 0 unspecified atom stereocenters. The Balaban J connectivity index is 2.79. The van der Waals surface area contributed by atoms with Crippen LogP contribution in [0.1, 0.15) is 0 Å². The van der Waals surface area contributed by atoms with Gasteiger partial charge in [-0.25, -0.2) is 4.98 Å². The van der Waals surface area contributed by atoms with Crippen molar-refractivity contribution in [2.45, 2.75) is 0 Å². The number of pyridine rings is 1. The number of hydrogen-bond acceptors (Lipinski definition) is 1. The van der Waals surface area contributed by atoms with E-state index in [-0.39, 0.29) is 0 Å². The molecule has 1 aromatic heterocycles. The summed E-state index contributed by atoms with van der Waals surface area (Å²) < 4.78 is 0. The van der Waals surface area contributed by atoms with E-state index in [2.05, 4.69) is 4.98 Å². The molecule has 0 aliphatic rings. The van der Waals surface area contributed by atoms with Crippen molar-refractivity contribution in [2.24, 2.45) is 0 Å². The highest BCUT2D eigenvalue weighted by Gasteiger charge is 1.95. The van der Waals surface area contributed by atoms with E-state index in [4.69, 9.17) is 23.2 Å². The lowest BCUT2D eigenvalue weighted by Crippen LogP contribution is -1.76. The molecule has 60 valence electrons. The van der Waals surface area contributed by atoms with E-state index >= 15 is 0 Å². The first-order chi connectivity index (χ1) is 5.75. The van der Waals surface area contributed by atoms with Crippen LogP contribution < -0.4 is 0 Å². The number of hydrogen-bond donors (Lipinski definition) is 0. The zero-order chi connectivity index (χ0) is 8.55. The van der Waals surface area contributed by atoms with Crippen LogP contribution in [0, 0.1) is 0 Å². The third-order valence-electron chi connectivity index (χ3n) is 1.65. The number of benzene rings is 1. The fourth-order valence-corrected chi connectivity index (χ4v) is 1.43. The molecule has 12 heavy (non-hydrogen) atoms. The summed E-state index contributed by atoms with van der Waals surface area (Å²) in [7, 11) is 0. The van der Waals surface area contributed by atoms with Gasteiger partial charge in [0.2, 0.25) is 0 Å². The van der Waals surface area contributed by atoms with Gasteiger partial charge in [-0.2, -0.15) is 0 Å². The number of rotatable bonds is 0. The molecule has 0 spiro atoms. The second-order valence-corrected chi connectivity index (χ2v) is 3.32. The fraction of sp³-hybridized carbons (Fsp3) is 0. The van der Waals surface area contributed by atoms with Crippen LogP contribution in [0.2, 0.25) is 10.2 Å². The van der Waals surface area contributed by atoms with E-state index in [0.29, 0.717) is 10.2 Å². The van der Waals surface area contributed by atoms with Gasteiger partial charge in [0.05, 0.1) is 0 Å². The van der Waals surface area contributed by atoms with Crippen LogP contribution in [0.5, 0.6) is 0 Å². The Morgan fingerprint density at radius 1 is 1.00 bits per heavy atom. The summed E-state index contributed by atoms with van der Waals surface area (Å²) >= 11 is 11.5. The second-order valence-electron chi connectivity index (χ2n) is 2.50.